The first kappa shape index (κ1) is 39.6. The summed E-state index contributed by atoms with van der Waals surface area (Å²) in [5.74, 6) is -11.1. The molecule has 290 valence electrons. The third-order valence-electron chi connectivity index (χ3n) is 9.47. The van der Waals surface area contributed by atoms with Crippen molar-refractivity contribution < 1.29 is 87.1 Å². The summed E-state index contributed by atoms with van der Waals surface area (Å²) in [6, 6.07) is 3.63. The lowest BCUT2D eigenvalue weighted by molar-refractivity contribution is -0.321. The van der Waals surface area contributed by atoms with Gasteiger partial charge in [0.1, 0.15) is 35.9 Å². The summed E-state index contributed by atoms with van der Waals surface area (Å²) >= 11 is 0. The molecule has 8 unspecified atom stereocenters. The number of esters is 5. The maximum Gasteiger partial charge on any atom is 0.316 e. The number of phenolic OH excluding ortho intramolecular Hbond substituents is 3. The van der Waals surface area contributed by atoms with Gasteiger partial charge in [0.25, 0.3) is 0 Å². The van der Waals surface area contributed by atoms with E-state index in [1.165, 1.54) is 19.1 Å². The fourth-order valence-electron chi connectivity index (χ4n) is 7.24. The standard InChI is InChI=1S/C36H38O18/c1-7-36(47)11-19(53-35-33(52-16(5)40)32(51-15(4)39)31(50-14(3)38)20(54-35)12-49-13(2)37)22-23(26(36)34(46)48-6)30(45)24-25(29(22)44)28(43)21-17(27(24)42)9-8-10-18(21)41/h8-10,19-20,26,31-33,35,41,44-45,47H,7,11-12H2,1-6H3. The van der Waals surface area contributed by atoms with Gasteiger partial charge < -0.3 is 53.6 Å². The summed E-state index contributed by atoms with van der Waals surface area (Å²) < 4.78 is 38.8. The molecule has 0 radical (unpaired) electrons. The minimum atomic E-state index is -2.17. The number of aliphatic hydroxyl groups is 1. The lowest BCUT2D eigenvalue weighted by Crippen LogP contribution is -2.63. The fraction of sp³-hybridized carbons (Fsp3) is 0.472. The highest BCUT2D eigenvalue weighted by Crippen LogP contribution is 2.57. The van der Waals surface area contributed by atoms with Crippen molar-refractivity contribution in [1.29, 1.82) is 0 Å². The van der Waals surface area contributed by atoms with Crippen molar-refractivity contribution in [3.8, 4) is 17.2 Å². The molecule has 2 aliphatic carbocycles. The Balaban J connectivity index is 1.75. The molecule has 0 saturated carbocycles. The third-order valence-corrected chi connectivity index (χ3v) is 9.47. The maximum atomic E-state index is 13.9. The molecular weight excluding hydrogens is 720 g/mol. The molecule has 18 nitrogen and oxygen atoms in total. The zero-order valence-corrected chi connectivity index (χ0v) is 29.9. The first-order chi connectivity index (χ1) is 25.4. The molecule has 0 spiro atoms. The van der Waals surface area contributed by atoms with Crippen molar-refractivity contribution in [3.63, 3.8) is 0 Å². The van der Waals surface area contributed by atoms with E-state index >= 15 is 0 Å². The molecule has 0 bridgehead atoms. The molecule has 1 heterocycles. The molecular formula is C36H38O18. The predicted octanol–water partition coefficient (Wildman–Crippen LogP) is 1.52. The van der Waals surface area contributed by atoms with E-state index in [0.29, 0.717) is 0 Å². The molecule has 0 aromatic heterocycles. The SMILES string of the molecule is CCC1(O)CC(OC2OC(COC(C)=O)C(OC(C)=O)C(OC(C)=O)C2OC(C)=O)c2c(O)c3c(c(O)c2C1C(=O)OC)C(=O)c1cccc(O)c1C3=O. The molecule has 5 rings (SSSR count). The first-order valence-corrected chi connectivity index (χ1v) is 16.7. The molecule has 54 heavy (non-hydrogen) atoms. The average Bonchev–Trinajstić information content (AvgIpc) is 3.09. The summed E-state index contributed by atoms with van der Waals surface area (Å²) in [5, 5.41) is 46.5. The van der Waals surface area contributed by atoms with Crippen LogP contribution in [0.25, 0.3) is 0 Å². The number of rotatable bonds is 9. The molecule has 8 atom stereocenters. The van der Waals surface area contributed by atoms with Crippen LogP contribution in [-0.2, 0) is 57.1 Å². The fourth-order valence-corrected chi connectivity index (χ4v) is 7.24. The predicted molar refractivity (Wildman–Crippen MR) is 175 cm³/mol. The molecule has 18 heteroatoms. The first-order valence-electron chi connectivity index (χ1n) is 16.7. The monoisotopic (exact) mass is 758 g/mol. The van der Waals surface area contributed by atoms with Crippen LogP contribution in [0.1, 0.15) is 102 Å². The van der Waals surface area contributed by atoms with Crippen LogP contribution in [0.2, 0.25) is 0 Å². The lowest BCUT2D eigenvalue weighted by atomic mass is 9.66. The second kappa shape index (κ2) is 15.0. The van der Waals surface area contributed by atoms with E-state index in [1.54, 1.807) is 0 Å². The number of phenols is 3. The Kier molecular flexibility index (Phi) is 11.0. The number of hydrogen-bond donors (Lipinski definition) is 4. The highest BCUT2D eigenvalue weighted by molar-refractivity contribution is 6.31. The highest BCUT2D eigenvalue weighted by atomic mass is 16.7. The van der Waals surface area contributed by atoms with Gasteiger partial charge >= 0.3 is 29.8 Å². The zero-order valence-electron chi connectivity index (χ0n) is 29.9. The Morgan fingerprint density at radius 2 is 1.37 bits per heavy atom. The second-order valence-corrected chi connectivity index (χ2v) is 12.9. The number of methoxy groups -OCH3 is 1. The summed E-state index contributed by atoms with van der Waals surface area (Å²) in [6.07, 6.45) is -10.9. The number of carbonyl (C=O) groups excluding carboxylic acids is 7. The van der Waals surface area contributed by atoms with Crippen LogP contribution in [-0.4, -0.2) is 112 Å². The van der Waals surface area contributed by atoms with Crippen molar-refractivity contribution in [2.75, 3.05) is 13.7 Å². The average molecular weight is 759 g/mol. The molecule has 1 saturated heterocycles. The van der Waals surface area contributed by atoms with E-state index in [1.807, 2.05) is 0 Å². The van der Waals surface area contributed by atoms with Gasteiger partial charge in [-0.15, -0.1) is 0 Å². The van der Waals surface area contributed by atoms with Gasteiger partial charge in [0.05, 0.1) is 35.5 Å². The molecule has 3 aliphatic rings. The Hall–Kier alpha value is -5.59. The van der Waals surface area contributed by atoms with Crippen LogP contribution >= 0.6 is 0 Å². The van der Waals surface area contributed by atoms with Gasteiger partial charge in [0.15, 0.2) is 30.4 Å². The number of hydrogen-bond acceptors (Lipinski definition) is 18. The minimum Gasteiger partial charge on any atom is -0.507 e. The topological polar surface area (TPSA) is 265 Å². The highest BCUT2D eigenvalue weighted by Gasteiger charge is 2.58. The molecule has 0 amide bonds. The second-order valence-electron chi connectivity index (χ2n) is 12.9. The van der Waals surface area contributed by atoms with E-state index in [4.69, 9.17) is 33.2 Å². The quantitative estimate of drug-likeness (QED) is 0.137. The Bertz CT molecular complexity index is 1930. The van der Waals surface area contributed by atoms with Crippen molar-refractivity contribution in [2.24, 2.45) is 0 Å². The molecule has 2 aromatic carbocycles. The lowest BCUT2D eigenvalue weighted by Gasteiger charge is -2.47. The van der Waals surface area contributed by atoms with E-state index in [9.17, 15) is 54.0 Å². The Morgan fingerprint density at radius 3 is 1.94 bits per heavy atom. The summed E-state index contributed by atoms with van der Waals surface area (Å²) in [5.41, 5.74) is -5.49. The van der Waals surface area contributed by atoms with Gasteiger partial charge in [-0.05, 0) is 12.5 Å². The summed E-state index contributed by atoms with van der Waals surface area (Å²) in [4.78, 5) is 90.0. The van der Waals surface area contributed by atoms with E-state index < -0.39 is 148 Å². The van der Waals surface area contributed by atoms with Gasteiger partial charge in [-0.25, -0.2) is 0 Å². The number of benzene rings is 2. The number of fused-ring (bicyclic) bond motifs is 3. The molecule has 1 aliphatic heterocycles. The number of carbonyl (C=O) groups is 7. The van der Waals surface area contributed by atoms with Crippen LogP contribution in [0.5, 0.6) is 17.2 Å². The van der Waals surface area contributed by atoms with Crippen LogP contribution in [0.4, 0.5) is 0 Å². The third kappa shape index (κ3) is 6.94. The largest absolute Gasteiger partial charge is 0.507 e. The van der Waals surface area contributed by atoms with Gasteiger partial charge in [0, 0.05) is 50.8 Å². The van der Waals surface area contributed by atoms with Crippen LogP contribution in [0.3, 0.4) is 0 Å². The smallest absolute Gasteiger partial charge is 0.316 e. The van der Waals surface area contributed by atoms with Crippen molar-refractivity contribution in [2.45, 2.75) is 95.8 Å². The zero-order chi connectivity index (χ0) is 40.0. The van der Waals surface area contributed by atoms with Gasteiger partial charge in [-0.2, -0.15) is 0 Å². The van der Waals surface area contributed by atoms with E-state index in [0.717, 1.165) is 40.9 Å². The Labute approximate surface area is 306 Å². The van der Waals surface area contributed by atoms with Crippen molar-refractivity contribution in [3.05, 3.63) is 51.6 Å². The van der Waals surface area contributed by atoms with Crippen molar-refractivity contribution in [1.82, 2.24) is 0 Å². The summed E-state index contributed by atoms with van der Waals surface area (Å²) in [6.45, 7) is 4.96. The maximum absolute atomic E-state index is 13.9. The minimum absolute atomic E-state index is 0.231. The number of ether oxygens (including phenoxy) is 7. The number of aromatic hydroxyl groups is 3. The molecule has 1 fully saturated rings. The van der Waals surface area contributed by atoms with E-state index in [2.05, 4.69) is 0 Å². The van der Waals surface area contributed by atoms with Gasteiger partial charge in [-0.3, -0.25) is 33.6 Å². The molecule has 4 N–H and O–H groups in total. The van der Waals surface area contributed by atoms with Crippen molar-refractivity contribution >= 4 is 41.4 Å². The van der Waals surface area contributed by atoms with E-state index in [-0.39, 0.29) is 12.0 Å². The molecule has 2 aromatic rings. The van der Waals surface area contributed by atoms with Gasteiger partial charge in [0.2, 0.25) is 5.78 Å². The van der Waals surface area contributed by atoms with Crippen LogP contribution < -0.4 is 0 Å². The van der Waals surface area contributed by atoms with Crippen LogP contribution in [0.15, 0.2) is 18.2 Å². The van der Waals surface area contributed by atoms with Gasteiger partial charge in [-0.1, -0.05) is 19.1 Å². The Morgan fingerprint density at radius 1 is 0.796 bits per heavy atom. The number of ketones is 2. The summed E-state index contributed by atoms with van der Waals surface area (Å²) in [7, 11) is 1.00. The normalized spacial score (nSPS) is 27.1. The van der Waals surface area contributed by atoms with Crippen LogP contribution in [0, 0.1) is 0 Å².